The molecule has 0 aromatic carbocycles. The molecule has 0 fully saturated rings. The fourth-order valence-electron chi connectivity index (χ4n) is 1.21. The maximum Gasteiger partial charge on any atom is 0.238 e. The molecule has 4 nitrogen and oxygen atoms in total. The topological polar surface area (TPSA) is 70.0 Å². The van der Waals surface area contributed by atoms with Gasteiger partial charge in [0.1, 0.15) is 0 Å². The van der Waals surface area contributed by atoms with Crippen LogP contribution in [0.4, 0.5) is 0 Å². The van der Waals surface area contributed by atoms with Crippen LogP contribution in [0.25, 0.3) is 0 Å². The average Bonchev–Trinajstić information content (AvgIpc) is 2.08. The summed E-state index contributed by atoms with van der Waals surface area (Å²) < 4.78 is 0. The van der Waals surface area contributed by atoms with Crippen LogP contribution in [0.5, 0.6) is 0 Å². The third-order valence-corrected chi connectivity index (χ3v) is 1.95. The van der Waals surface area contributed by atoms with E-state index in [1.807, 2.05) is 0 Å². The van der Waals surface area contributed by atoms with Gasteiger partial charge < -0.3 is 5.32 Å². The Labute approximate surface area is 85.2 Å². The van der Waals surface area contributed by atoms with E-state index in [9.17, 15) is 9.59 Å². The Bertz CT molecular complexity index is 161. The van der Waals surface area contributed by atoms with Gasteiger partial charge in [0.25, 0.3) is 0 Å². The van der Waals surface area contributed by atoms with Gasteiger partial charge in [-0.15, -0.1) is 0 Å². The van der Waals surface area contributed by atoms with Crippen molar-refractivity contribution in [2.75, 3.05) is 6.54 Å². The molecule has 0 saturated heterocycles. The Morgan fingerprint density at radius 1 is 1.07 bits per heavy atom. The molecule has 0 aromatic heterocycles. The summed E-state index contributed by atoms with van der Waals surface area (Å²) in [6.07, 6.45) is 5.35. The molecule has 0 aromatic rings. The van der Waals surface area contributed by atoms with Crippen molar-refractivity contribution >= 4 is 11.8 Å². The Balaban J connectivity index is 2.99. The maximum atomic E-state index is 10.5. The molecule has 4 heteroatoms. The monoisotopic (exact) mass is 199 g/mol. The van der Waals surface area contributed by atoms with E-state index in [4.69, 9.17) is 5.73 Å². The van der Waals surface area contributed by atoms with Gasteiger partial charge >= 0.3 is 0 Å². The van der Waals surface area contributed by atoms with Crippen molar-refractivity contribution in [3.63, 3.8) is 0 Å². The molecule has 0 unspecified atom stereocenters. The number of hydrogen-bond donors (Lipinski definition) is 1. The number of carbonyl (C=O) groups excluding carboxylic acids is 2. The zero-order valence-electron chi connectivity index (χ0n) is 8.77. The van der Waals surface area contributed by atoms with Crippen LogP contribution >= 0.6 is 0 Å². The molecule has 0 rings (SSSR count). The summed E-state index contributed by atoms with van der Waals surface area (Å²) in [4.78, 5) is 20.8. The Hall–Kier alpha value is -1.06. The third kappa shape index (κ3) is 10.9. The van der Waals surface area contributed by atoms with E-state index in [0.29, 0.717) is 6.42 Å². The molecular formula is C10H19N2O2. The SMILES string of the molecule is CC(=O)NCCCCCCCC([NH])=O. The number of carbonyl (C=O) groups is 2. The molecule has 0 bridgehead atoms. The number of rotatable bonds is 8. The van der Waals surface area contributed by atoms with Gasteiger partial charge in [-0.1, -0.05) is 19.3 Å². The van der Waals surface area contributed by atoms with Crippen molar-refractivity contribution in [1.82, 2.24) is 11.1 Å². The second-order valence-electron chi connectivity index (χ2n) is 3.42. The standard InChI is InChI=1S/C10H19N2O2/c1-9(13)12-8-6-4-2-3-5-7-10(11)14/h11H,2-8H2,1H3,(H,12,13). The first-order valence-corrected chi connectivity index (χ1v) is 5.12. The van der Waals surface area contributed by atoms with E-state index < -0.39 is 5.91 Å². The molecule has 1 radical (unpaired) electrons. The zero-order chi connectivity index (χ0) is 10.8. The first-order valence-electron chi connectivity index (χ1n) is 5.12. The van der Waals surface area contributed by atoms with Crippen LogP contribution < -0.4 is 11.1 Å². The molecule has 2 N–H and O–H groups in total. The summed E-state index contributed by atoms with van der Waals surface area (Å²) in [5.74, 6) is -0.451. The van der Waals surface area contributed by atoms with E-state index in [-0.39, 0.29) is 5.91 Å². The lowest BCUT2D eigenvalue weighted by molar-refractivity contribution is -0.119. The summed E-state index contributed by atoms with van der Waals surface area (Å²) in [6, 6.07) is 0. The first-order chi connectivity index (χ1) is 6.63. The van der Waals surface area contributed by atoms with E-state index in [1.165, 1.54) is 6.92 Å². The van der Waals surface area contributed by atoms with Gasteiger partial charge in [0, 0.05) is 19.9 Å². The molecule has 0 heterocycles. The second-order valence-corrected chi connectivity index (χ2v) is 3.42. The normalized spacial score (nSPS) is 9.79. The highest BCUT2D eigenvalue weighted by molar-refractivity contribution is 5.73. The van der Waals surface area contributed by atoms with Crippen molar-refractivity contribution in [3.8, 4) is 0 Å². The fourth-order valence-corrected chi connectivity index (χ4v) is 1.21. The molecule has 0 aliphatic carbocycles. The minimum Gasteiger partial charge on any atom is -0.356 e. The lowest BCUT2D eigenvalue weighted by Gasteiger charge is -2.01. The van der Waals surface area contributed by atoms with Crippen molar-refractivity contribution in [3.05, 3.63) is 0 Å². The molecule has 81 valence electrons. The van der Waals surface area contributed by atoms with Gasteiger partial charge in [-0.05, 0) is 12.8 Å². The zero-order valence-corrected chi connectivity index (χ0v) is 8.77. The summed E-state index contributed by atoms with van der Waals surface area (Å²) in [5.41, 5.74) is 6.68. The lowest BCUT2D eigenvalue weighted by Crippen LogP contribution is -2.20. The van der Waals surface area contributed by atoms with Crippen molar-refractivity contribution in [2.24, 2.45) is 0 Å². The highest BCUT2D eigenvalue weighted by Crippen LogP contribution is 2.04. The average molecular weight is 199 g/mol. The highest BCUT2D eigenvalue weighted by Gasteiger charge is 1.95. The fraction of sp³-hybridized carbons (Fsp3) is 0.800. The number of amides is 2. The van der Waals surface area contributed by atoms with E-state index >= 15 is 0 Å². The van der Waals surface area contributed by atoms with Gasteiger partial charge in [-0.2, -0.15) is 0 Å². The van der Waals surface area contributed by atoms with Crippen LogP contribution in [-0.2, 0) is 9.59 Å². The quantitative estimate of drug-likeness (QED) is 0.598. The molecule has 0 aliphatic rings. The van der Waals surface area contributed by atoms with Crippen LogP contribution in [0.1, 0.15) is 45.4 Å². The van der Waals surface area contributed by atoms with Gasteiger partial charge in [-0.25, -0.2) is 0 Å². The van der Waals surface area contributed by atoms with Crippen molar-refractivity contribution < 1.29 is 9.59 Å². The minimum atomic E-state index is -0.469. The summed E-state index contributed by atoms with van der Waals surface area (Å²) in [6.45, 7) is 2.26. The molecule has 0 saturated carbocycles. The molecule has 0 spiro atoms. The van der Waals surface area contributed by atoms with Crippen LogP contribution in [0.15, 0.2) is 0 Å². The molecule has 14 heavy (non-hydrogen) atoms. The minimum absolute atomic E-state index is 0.0183. The number of nitrogens with one attached hydrogen (secondary N) is 2. The number of hydrogen-bond acceptors (Lipinski definition) is 2. The maximum absolute atomic E-state index is 10.5. The Kier molecular flexibility index (Phi) is 7.89. The van der Waals surface area contributed by atoms with Gasteiger partial charge in [0.15, 0.2) is 0 Å². The smallest absolute Gasteiger partial charge is 0.238 e. The van der Waals surface area contributed by atoms with E-state index in [2.05, 4.69) is 5.32 Å². The molecule has 0 atom stereocenters. The van der Waals surface area contributed by atoms with E-state index in [1.54, 1.807) is 0 Å². The Morgan fingerprint density at radius 2 is 1.64 bits per heavy atom. The second kappa shape index (κ2) is 8.53. The largest absolute Gasteiger partial charge is 0.356 e. The Morgan fingerprint density at radius 3 is 2.21 bits per heavy atom. The number of unbranched alkanes of at least 4 members (excludes halogenated alkanes) is 4. The van der Waals surface area contributed by atoms with Crippen molar-refractivity contribution in [2.45, 2.75) is 45.4 Å². The molecule has 0 aliphatic heterocycles. The molecular weight excluding hydrogens is 180 g/mol. The molecule has 2 amide bonds. The van der Waals surface area contributed by atoms with Gasteiger partial charge in [0.2, 0.25) is 11.8 Å². The predicted octanol–water partition coefficient (Wildman–Crippen LogP) is 1.27. The van der Waals surface area contributed by atoms with Crippen LogP contribution in [-0.4, -0.2) is 18.4 Å². The summed E-state index contributed by atoms with van der Waals surface area (Å²) >= 11 is 0. The summed E-state index contributed by atoms with van der Waals surface area (Å²) in [7, 11) is 0. The lowest BCUT2D eigenvalue weighted by atomic mass is 10.1. The van der Waals surface area contributed by atoms with Gasteiger partial charge in [-0.3, -0.25) is 15.3 Å². The summed E-state index contributed by atoms with van der Waals surface area (Å²) in [5, 5.41) is 2.73. The van der Waals surface area contributed by atoms with Gasteiger partial charge in [0.05, 0.1) is 0 Å². The van der Waals surface area contributed by atoms with Crippen molar-refractivity contribution in [1.29, 1.82) is 0 Å². The predicted molar refractivity (Wildman–Crippen MR) is 54.5 cm³/mol. The van der Waals surface area contributed by atoms with E-state index in [0.717, 1.165) is 38.6 Å². The highest BCUT2D eigenvalue weighted by atomic mass is 16.1. The third-order valence-electron chi connectivity index (χ3n) is 1.95. The van der Waals surface area contributed by atoms with Crippen LogP contribution in [0, 0.1) is 0 Å². The van der Waals surface area contributed by atoms with Crippen LogP contribution in [0.2, 0.25) is 0 Å². The first kappa shape index (κ1) is 12.9. The van der Waals surface area contributed by atoms with Crippen LogP contribution in [0.3, 0.4) is 0 Å².